The van der Waals surface area contributed by atoms with Crippen molar-refractivity contribution in [3.63, 3.8) is 0 Å². The highest BCUT2D eigenvalue weighted by atomic mass is 32.2. The van der Waals surface area contributed by atoms with Gasteiger partial charge < -0.3 is 10.8 Å². The fourth-order valence-electron chi connectivity index (χ4n) is 1.09. The van der Waals surface area contributed by atoms with E-state index in [0.717, 1.165) is 17.8 Å². The van der Waals surface area contributed by atoms with Crippen LogP contribution in [0.2, 0.25) is 0 Å². The van der Waals surface area contributed by atoms with Gasteiger partial charge in [0.25, 0.3) is 5.69 Å². The standard InChI is InChI=1S/C9H10N2O4S/c10-9(13)6-1-2-8(16-4-3-12)7(5-6)11(14)15/h1-2,5,12H,3-4H2,(H2,10,13). The maximum Gasteiger partial charge on any atom is 0.283 e. The number of hydrogen-bond donors (Lipinski definition) is 2. The molecule has 3 N–H and O–H groups in total. The Morgan fingerprint density at radius 2 is 2.25 bits per heavy atom. The Morgan fingerprint density at radius 1 is 1.56 bits per heavy atom. The third-order valence-corrected chi connectivity index (χ3v) is 2.83. The molecule has 86 valence electrons. The zero-order valence-electron chi connectivity index (χ0n) is 8.25. The van der Waals surface area contributed by atoms with Gasteiger partial charge in [-0.15, -0.1) is 11.8 Å². The zero-order chi connectivity index (χ0) is 12.1. The van der Waals surface area contributed by atoms with E-state index in [1.807, 2.05) is 0 Å². The van der Waals surface area contributed by atoms with E-state index >= 15 is 0 Å². The minimum Gasteiger partial charge on any atom is -0.396 e. The SMILES string of the molecule is NC(=O)c1ccc(SCCO)c([N+](=O)[O-])c1. The summed E-state index contributed by atoms with van der Waals surface area (Å²) < 4.78 is 0. The van der Waals surface area contributed by atoms with E-state index in [1.54, 1.807) is 0 Å². The largest absolute Gasteiger partial charge is 0.396 e. The average molecular weight is 242 g/mol. The number of thioether (sulfide) groups is 1. The van der Waals surface area contributed by atoms with Crippen LogP contribution in [0.3, 0.4) is 0 Å². The number of amides is 1. The van der Waals surface area contributed by atoms with Crippen molar-refractivity contribution in [3.05, 3.63) is 33.9 Å². The molecule has 0 radical (unpaired) electrons. The molecule has 0 spiro atoms. The number of primary amides is 1. The van der Waals surface area contributed by atoms with Gasteiger partial charge in [-0.25, -0.2) is 0 Å². The van der Waals surface area contributed by atoms with E-state index in [2.05, 4.69) is 0 Å². The van der Waals surface area contributed by atoms with E-state index in [-0.39, 0.29) is 17.9 Å². The molecule has 0 saturated heterocycles. The summed E-state index contributed by atoms with van der Waals surface area (Å²) in [5, 5.41) is 19.4. The number of carbonyl (C=O) groups is 1. The van der Waals surface area contributed by atoms with Crippen molar-refractivity contribution in [1.29, 1.82) is 0 Å². The predicted octanol–water partition coefficient (Wildman–Crippen LogP) is 0.778. The normalized spacial score (nSPS) is 10.1. The molecule has 1 rings (SSSR count). The van der Waals surface area contributed by atoms with Gasteiger partial charge in [0, 0.05) is 17.4 Å². The van der Waals surface area contributed by atoms with E-state index in [0.29, 0.717) is 10.6 Å². The van der Waals surface area contributed by atoms with E-state index in [9.17, 15) is 14.9 Å². The summed E-state index contributed by atoms with van der Waals surface area (Å²) in [5.41, 5.74) is 4.95. The van der Waals surface area contributed by atoms with Crippen molar-refractivity contribution < 1.29 is 14.8 Å². The molecule has 16 heavy (non-hydrogen) atoms. The molecule has 0 aromatic heterocycles. The first-order valence-corrected chi connectivity index (χ1v) is 5.36. The number of nitro groups is 1. The van der Waals surface area contributed by atoms with Crippen LogP contribution in [0.15, 0.2) is 23.1 Å². The molecule has 0 aliphatic heterocycles. The van der Waals surface area contributed by atoms with Gasteiger partial charge in [-0.05, 0) is 12.1 Å². The van der Waals surface area contributed by atoms with Crippen molar-refractivity contribution in [1.82, 2.24) is 0 Å². The third-order valence-electron chi connectivity index (χ3n) is 1.79. The second kappa shape index (κ2) is 5.47. The first-order valence-electron chi connectivity index (χ1n) is 4.38. The van der Waals surface area contributed by atoms with Gasteiger partial charge in [-0.2, -0.15) is 0 Å². The van der Waals surface area contributed by atoms with E-state index in [1.165, 1.54) is 12.1 Å². The van der Waals surface area contributed by atoms with Crippen LogP contribution in [-0.2, 0) is 0 Å². The van der Waals surface area contributed by atoms with Crippen LogP contribution in [0.1, 0.15) is 10.4 Å². The fourth-order valence-corrected chi connectivity index (χ4v) is 1.85. The first kappa shape index (κ1) is 12.5. The van der Waals surface area contributed by atoms with Crippen LogP contribution in [0.25, 0.3) is 0 Å². The zero-order valence-corrected chi connectivity index (χ0v) is 9.07. The van der Waals surface area contributed by atoms with Crippen LogP contribution < -0.4 is 5.73 Å². The van der Waals surface area contributed by atoms with Crippen LogP contribution in [0.5, 0.6) is 0 Å². The molecule has 1 amide bonds. The Kier molecular flexibility index (Phi) is 4.27. The molecule has 0 bridgehead atoms. The quantitative estimate of drug-likeness (QED) is 0.450. The molecule has 0 aliphatic carbocycles. The molecule has 7 heteroatoms. The molecule has 0 aliphatic rings. The van der Waals surface area contributed by atoms with Gasteiger partial charge in [0.1, 0.15) is 0 Å². The molecular formula is C9H10N2O4S. The minimum absolute atomic E-state index is 0.0700. The number of hydrogen-bond acceptors (Lipinski definition) is 5. The highest BCUT2D eigenvalue weighted by molar-refractivity contribution is 7.99. The van der Waals surface area contributed by atoms with Gasteiger partial charge in [0.15, 0.2) is 0 Å². The maximum absolute atomic E-state index is 10.9. The summed E-state index contributed by atoms with van der Waals surface area (Å²) in [6, 6.07) is 4.02. The Bertz CT molecular complexity index is 422. The summed E-state index contributed by atoms with van der Waals surface area (Å²) in [4.78, 5) is 21.4. The van der Waals surface area contributed by atoms with Crippen molar-refractivity contribution >= 4 is 23.4 Å². The highest BCUT2D eigenvalue weighted by Crippen LogP contribution is 2.29. The Labute approximate surface area is 95.6 Å². The number of rotatable bonds is 5. The molecule has 0 fully saturated rings. The fraction of sp³-hybridized carbons (Fsp3) is 0.222. The molecule has 6 nitrogen and oxygen atoms in total. The third kappa shape index (κ3) is 2.94. The number of carbonyl (C=O) groups excluding carboxylic acids is 1. The number of aliphatic hydroxyl groups excluding tert-OH is 1. The van der Waals surface area contributed by atoms with E-state index in [4.69, 9.17) is 10.8 Å². The second-order valence-corrected chi connectivity index (χ2v) is 4.01. The lowest BCUT2D eigenvalue weighted by Crippen LogP contribution is -2.11. The van der Waals surface area contributed by atoms with Gasteiger partial charge in [0.05, 0.1) is 16.4 Å². The number of aliphatic hydroxyl groups is 1. The van der Waals surface area contributed by atoms with Crippen molar-refractivity contribution in [2.75, 3.05) is 12.4 Å². The van der Waals surface area contributed by atoms with E-state index < -0.39 is 10.8 Å². The lowest BCUT2D eigenvalue weighted by molar-refractivity contribution is -0.387. The van der Waals surface area contributed by atoms with Gasteiger partial charge in [0.2, 0.25) is 5.91 Å². The Morgan fingerprint density at radius 3 is 2.75 bits per heavy atom. The number of nitro benzene ring substituents is 1. The summed E-state index contributed by atoms with van der Waals surface area (Å²) in [6.07, 6.45) is 0. The van der Waals surface area contributed by atoms with Crippen LogP contribution in [-0.4, -0.2) is 28.3 Å². The number of nitrogens with two attached hydrogens (primary N) is 1. The molecule has 0 atom stereocenters. The summed E-state index contributed by atoms with van der Waals surface area (Å²) >= 11 is 1.15. The highest BCUT2D eigenvalue weighted by Gasteiger charge is 2.16. The summed E-state index contributed by atoms with van der Waals surface area (Å²) in [7, 11) is 0. The minimum atomic E-state index is -0.707. The molecule has 1 aromatic carbocycles. The monoisotopic (exact) mass is 242 g/mol. The van der Waals surface area contributed by atoms with Gasteiger partial charge >= 0.3 is 0 Å². The number of benzene rings is 1. The molecule has 0 unspecified atom stereocenters. The van der Waals surface area contributed by atoms with Crippen LogP contribution in [0.4, 0.5) is 5.69 Å². The molecular weight excluding hydrogens is 232 g/mol. The first-order chi connectivity index (χ1) is 7.56. The Balaban J connectivity index is 3.09. The summed E-state index contributed by atoms with van der Waals surface area (Å²) in [6.45, 7) is -0.0700. The molecule has 0 heterocycles. The lowest BCUT2D eigenvalue weighted by atomic mass is 10.2. The smallest absolute Gasteiger partial charge is 0.283 e. The van der Waals surface area contributed by atoms with Crippen LogP contribution in [0, 0.1) is 10.1 Å². The molecule has 1 aromatic rings. The average Bonchev–Trinajstić information content (AvgIpc) is 2.25. The topological polar surface area (TPSA) is 106 Å². The lowest BCUT2D eigenvalue weighted by Gasteiger charge is -2.02. The second-order valence-electron chi connectivity index (χ2n) is 2.88. The Hall–Kier alpha value is -1.60. The van der Waals surface area contributed by atoms with Crippen molar-refractivity contribution in [2.24, 2.45) is 5.73 Å². The number of nitrogens with zero attached hydrogens (tertiary/aromatic N) is 1. The van der Waals surface area contributed by atoms with Crippen molar-refractivity contribution in [2.45, 2.75) is 4.90 Å². The molecule has 0 saturated carbocycles. The van der Waals surface area contributed by atoms with Gasteiger partial charge in [-0.3, -0.25) is 14.9 Å². The predicted molar refractivity (Wildman–Crippen MR) is 59.4 cm³/mol. The van der Waals surface area contributed by atoms with Gasteiger partial charge in [-0.1, -0.05) is 0 Å². The summed E-state index contributed by atoms with van der Waals surface area (Å²) in [5.74, 6) is -0.349. The maximum atomic E-state index is 10.9. The van der Waals surface area contributed by atoms with Crippen LogP contribution >= 0.6 is 11.8 Å². The van der Waals surface area contributed by atoms with Crippen molar-refractivity contribution in [3.8, 4) is 0 Å².